The number of sulfonamides is 1. The Morgan fingerprint density at radius 1 is 0.889 bits per heavy atom. The Morgan fingerprint density at radius 2 is 1.51 bits per heavy atom. The van der Waals surface area contributed by atoms with Crippen molar-refractivity contribution >= 4 is 39.1 Å². The van der Waals surface area contributed by atoms with E-state index in [9.17, 15) is 18.0 Å². The monoisotopic (exact) mass is 649 g/mol. The van der Waals surface area contributed by atoms with Gasteiger partial charge in [0.05, 0.1) is 10.6 Å². The number of nitrogens with zero attached hydrogens (tertiary/aromatic N) is 2. The summed E-state index contributed by atoms with van der Waals surface area (Å²) in [5.74, 6) is -1.65. The summed E-state index contributed by atoms with van der Waals surface area (Å²) >= 11 is 6.41. The van der Waals surface area contributed by atoms with Gasteiger partial charge in [-0.05, 0) is 61.7 Å². The Labute approximate surface area is 269 Å². The van der Waals surface area contributed by atoms with E-state index in [1.54, 1.807) is 55.5 Å². The SMILES string of the molecule is CC[C@H](C)NC(=O)[C@H](Cc1ccccc1)N(Cc1ccccc1F)C(=O)CN(c1cccc(Cl)c1C)S(=O)(=O)c1ccccc1. The molecule has 4 aromatic carbocycles. The first kappa shape index (κ1) is 33.7. The molecule has 0 fully saturated rings. The quantitative estimate of drug-likeness (QED) is 0.178. The number of hydrogen-bond acceptors (Lipinski definition) is 4. The van der Waals surface area contributed by atoms with Crippen molar-refractivity contribution in [1.29, 1.82) is 0 Å². The van der Waals surface area contributed by atoms with Gasteiger partial charge in [-0.2, -0.15) is 0 Å². The van der Waals surface area contributed by atoms with E-state index in [1.165, 1.54) is 29.2 Å². The molecule has 45 heavy (non-hydrogen) atoms. The Balaban J connectivity index is 1.84. The van der Waals surface area contributed by atoms with Crippen molar-refractivity contribution in [2.24, 2.45) is 0 Å². The highest BCUT2D eigenvalue weighted by atomic mass is 35.5. The van der Waals surface area contributed by atoms with E-state index in [2.05, 4.69) is 5.32 Å². The van der Waals surface area contributed by atoms with E-state index in [-0.39, 0.29) is 35.2 Å². The third kappa shape index (κ3) is 8.29. The van der Waals surface area contributed by atoms with Gasteiger partial charge in [-0.1, -0.05) is 91.3 Å². The smallest absolute Gasteiger partial charge is 0.264 e. The van der Waals surface area contributed by atoms with Crippen LogP contribution in [0.15, 0.2) is 108 Å². The molecule has 0 unspecified atom stereocenters. The molecule has 0 aliphatic rings. The molecule has 0 saturated heterocycles. The van der Waals surface area contributed by atoms with Crippen LogP contribution in [-0.2, 0) is 32.6 Å². The Hall–Kier alpha value is -4.21. The molecule has 0 saturated carbocycles. The third-order valence-electron chi connectivity index (χ3n) is 7.69. The fourth-order valence-electron chi connectivity index (χ4n) is 4.90. The molecule has 1 N–H and O–H groups in total. The second-order valence-corrected chi connectivity index (χ2v) is 13.1. The van der Waals surface area contributed by atoms with Crippen LogP contribution in [0.3, 0.4) is 0 Å². The molecule has 4 rings (SSSR count). The standard InChI is InChI=1S/C35H37ClFN3O4S/c1-4-25(2)38-35(42)33(22-27-14-7-5-8-15-27)39(23-28-16-11-12-20-31(28)37)34(41)24-40(32-21-13-19-30(36)26(32)3)45(43,44)29-17-9-6-10-18-29/h5-21,25,33H,4,22-24H2,1-3H3,(H,38,42)/t25-,33-/m0/s1. The van der Waals surface area contributed by atoms with Crippen molar-refractivity contribution in [3.05, 3.63) is 131 Å². The summed E-state index contributed by atoms with van der Waals surface area (Å²) in [5.41, 5.74) is 1.65. The van der Waals surface area contributed by atoms with Gasteiger partial charge in [-0.3, -0.25) is 13.9 Å². The first-order valence-corrected chi connectivity index (χ1v) is 16.5. The zero-order valence-corrected chi connectivity index (χ0v) is 27.1. The number of benzene rings is 4. The van der Waals surface area contributed by atoms with Crippen molar-refractivity contribution in [2.75, 3.05) is 10.8 Å². The lowest BCUT2D eigenvalue weighted by Gasteiger charge is -2.34. The molecule has 2 atom stereocenters. The predicted molar refractivity (Wildman–Crippen MR) is 176 cm³/mol. The van der Waals surface area contributed by atoms with Gasteiger partial charge in [0, 0.05) is 29.6 Å². The van der Waals surface area contributed by atoms with Crippen LogP contribution in [-0.4, -0.2) is 43.8 Å². The van der Waals surface area contributed by atoms with E-state index in [0.717, 1.165) is 9.87 Å². The molecule has 7 nitrogen and oxygen atoms in total. The van der Waals surface area contributed by atoms with Crippen molar-refractivity contribution in [3.8, 4) is 0 Å². The summed E-state index contributed by atoms with van der Waals surface area (Å²) in [6.45, 7) is 4.54. The van der Waals surface area contributed by atoms with Crippen LogP contribution in [0.5, 0.6) is 0 Å². The van der Waals surface area contributed by atoms with Gasteiger partial charge >= 0.3 is 0 Å². The van der Waals surface area contributed by atoms with Crippen LogP contribution in [0, 0.1) is 12.7 Å². The number of amides is 2. The van der Waals surface area contributed by atoms with Crippen LogP contribution >= 0.6 is 11.6 Å². The number of halogens is 2. The second-order valence-electron chi connectivity index (χ2n) is 10.8. The maximum Gasteiger partial charge on any atom is 0.264 e. The van der Waals surface area contributed by atoms with Crippen LogP contribution in [0.2, 0.25) is 5.02 Å². The van der Waals surface area contributed by atoms with Crippen LogP contribution < -0.4 is 9.62 Å². The topological polar surface area (TPSA) is 86.8 Å². The molecule has 4 aromatic rings. The molecule has 0 heterocycles. The minimum absolute atomic E-state index is 0.0202. The van der Waals surface area contributed by atoms with E-state index >= 15 is 4.39 Å². The number of carbonyl (C=O) groups excluding carboxylic acids is 2. The van der Waals surface area contributed by atoms with Gasteiger partial charge in [-0.25, -0.2) is 12.8 Å². The maximum absolute atomic E-state index is 15.0. The van der Waals surface area contributed by atoms with Gasteiger partial charge in [0.1, 0.15) is 18.4 Å². The molecule has 0 aliphatic heterocycles. The third-order valence-corrected chi connectivity index (χ3v) is 9.87. The summed E-state index contributed by atoms with van der Waals surface area (Å²) in [6, 6.07) is 26.5. The Kier molecular flexibility index (Phi) is 11.4. The van der Waals surface area contributed by atoms with Crippen molar-refractivity contribution in [1.82, 2.24) is 10.2 Å². The number of nitrogens with one attached hydrogen (secondary N) is 1. The Morgan fingerprint density at radius 3 is 2.16 bits per heavy atom. The number of anilines is 1. The zero-order chi connectivity index (χ0) is 32.6. The molecule has 236 valence electrons. The molecule has 0 bridgehead atoms. The zero-order valence-electron chi connectivity index (χ0n) is 25.5. The summed E-state index contributed by atoms with van der Waals surface area (Å²) in [6.07, 6.45) is 0.785. The summed E-state index contributed by atoms with van der Waals surface area (Å²) in [5, 5.41) is 3.29. The number of carbonyl (C=O) groups is 2. The van der Waals surface area contributed by atoms with Crippen LogP contribution in [0.25, 0.3) is 0 Å². The minimum Gasteiger partial charge on any atom is -0.352 e. The molecule has 0 aromatic heterocycles. The number of rotatable bonds is 13. The highest BCUT2D eigenvalue weighted by Crippen LogP contribution is 2.31. The van der Waals surface area contributed by atoms with Crippen LogP contribution in [0.1, 0.15) is 37.0 Å². The molecular weight excluding hydrogens is 613 g/mol. The van der Waals surface area contributed by atoms with Gasteiger partial charge in [-0.15, -0.1) is 0 Å². The lowest BCUT2D eigenvalue weighted by Crippen LogP contribution is -2.54. The summed E-state index contributed by atoms with van der Waals surface area (Å²) < 4.78 is 44.3. The predicted octanol–water partition coefficient (Wildman–Crippen LogP) is 6.54. The highest BCUT2D eigenvalue weighted by Gasteiger charge is 2.35. The summed E-state index contributed by atoms with van der Waals surface area (Å²) in [4.78, 5) is 29.6. The highest BCUT2D eigenvalue weighted by molar-refractivity contribution is 7.92. The molecule has 0 radical (unpaired) electrons. The second kappa shape index (κ2) is 15.2. The van der Waals surface area contributed by atoms with Gasteiger partial charge in [0.25, 0.3) is 10.0 Å². The molecular formula is C35H37ClFN3O4S. The Bertz CT molecular complexity index is 1720. The van der Waals surface area contributed by atoms with Crippen LogP contribution in [0.4, 0.5) is 10.1 Å². The van der Waals surface area contributed by atoms with Crippen molar-refractivity contribution in [2.45, 2.75) is 57.1 Å². The first-order chi connectivity index (χ1) is 21.5. The average molecular weight is 650 g/mol. The molecule has 2 amide bonds. The molecule has 0 aliphatic carbocycles. The van der Waals surface area contributed by atoms with Gasteiger partial charge < -0.3 is 10.2 Å². The lowest BCUT2D eigenvalue weighted by atomic mass is 10.0. The van der Waals surface area contributed by atoms with E-state index in [1.807, 2.05) is 44.2 Å². The maximum atomic E-state index is 15.0. The van der Waals surface area contributed by atoms with Gasteiger partial charge in [0.2, 0.25) is 11.8 Å². The minimum atomic E-state index is -4.28. The van der Waals surface area contributed by atoms with E-state index in [4.69, 9.17) is 11.6 Å². The first-order valence-electron chi connectivity index (χ1n) is 14.7. The number of hydrogen-bond donors (Lipinski definition) is 1. The van der Waals surface area contributed by atoms with Gasteiger partial charge in [0.15, 0.2) is 0 Å². The van der Waals surface area contributed by atoms with Crippen molar-refractivity contribution < 1.29 is 22.4 Å². The average Bonchev–Trinajstić information content (AvgIpc) is 3.04. The fraction of sp³-hybridized carbons (Fsp3) is 0.257. The fourth-order valence-corrected chi connectivity index (χ4v) is 6.57. The summed E-state index contributed by atoms with van der Waals surface area (Å²) in [7, 11) is -4.28. The molecule has 0 spiro atoms. The lowest BCUT2D eigenvalue weighted by molar-refractivity contribution is -0.140. The van der Waals surface area contributed by atoms with E-state index < -0.39 is 40.2 Å². The molecule has 10 heteroatoms. The normalized spacial score (nSPS) is 12.6. The largest absolute Gasteiger partial charge is 0.352 e. The van der Waals surface area contributed by atoms with E-state index in [0.29, 0.717) is 17.0 Å². The van der Waals surface area contributed by atoms with Crippen molar-refractivity contribution in [3.63, 3.8) is 0 Å².